The monoisotopic (exact) mass is 1030 g/mol. The molecule has 3 atom stereocenters. The molecule has 0 aliphatic heterocycles. The van der Waals surface area contributed by atoms with Crippen LogP contribution in [0.3, 0.4) is 0 Å². The number of carbonyl (C=O) groups excluding carboxylic acids is 1. The lowest BCUT2D eigenvalue weighted by Crippen LogP contribution is -2.45. The minimum Gasteiger partial charge on any atom is -0.756 e. The summed E-state index contributed by atoms with van der Waals surface area (Å²) in [4.78, 5) is 25.5. The van der Waals surface area contributed by atoms with Crippen molar-refractivity contribution in [3.63, 3.8) is 0 Å². The Balaban J connectivity index is 3.93. The van der Waals surface area contributed by atoms with Crippen molar-refractivity contribution in [2.24, 2.45) is 0 Å². The Labute approximate surface area is 448 Å². The van der Waals surface area contributed by atoms with Gasteiger partial charge in [0, 0.05) is 6.42 Å². The first-order valence-corrected chi connectivity index (χ1v) is 32.8. The van der Waals surface area contributed by atoms with Gasteiger partial charge in [0.1, 0.15) is 13.2 Å². The molecule has 8 nitrogen and oxygen atoms in total. The molecule has 1 amide bonds. The SMILES string of the molecule is CCCCCCCCCCCCC/C=C/C(O)C(COP(=O)([O-])OCC[N+](C)(C)C)NC(=O)CCCCCCCCCCCCCCCCCCC/C=C\C/C=C\CCCCCCCCCCCCCCC. The van der Waals surface area contributed by atoms with Crippen LogP contribution >= 0.6 is 7.82 Å². The molecule has 0 heterocycles. The van der Waals surface area contributed by atoms with E-state index in [4.69, 9.17) is 9.05 Å². The van der Waals surface area contributed by atoms with Crippen molar-refractivity contribution in [2.45, 2.75) is 321 Å². The number of carbonyl (C=O) groups is 1. The summed E-state index contributed by atoms with van der Waals surface area (Å²) in [6.07, 6.45) is 71.1. The van der Waals surface area contributed by atoms with Gasteiger partial charge in [-0.25, -0.2) is 0 Å². The van der Waals surface area contributed by atoms with Crippen LogP contribution < -0.4 is 10.2 Å². The van der Waals surface area contributed by atoms with E-state index >= 15 is 0 Å². The number of phosphoric acid groups is 1. The van der Waals surface area contributed by atoms with Gasteiger partial charge >= 0.3 is 0 Å². The molecule has 0 saturated heterocycles. The van der Waals surface area contributed by atoms with Gasteiger partial charge < -0.3 is 28.8 Å². The molecule has 0 radical (unpaired) electrons. The van der Waals surface area contributed by atoms with Crippen molar-refractivity contribution in [3.8, 4) is 0 Å². The first-order valence-electron chi connectivity index (χ1n) is 31.4. The van der Waals surface area contributed by atoms with E-state index in [0.29, 0.717) is 17.4 Å². The van der Waals surface area contributed by atoms with E-state index in [1.165, 1.54) is 244 Å². The second-order valence-corrected chi connectivity index (χ2v) is 24.2. The molecule has 0 aliphatic carbocycles. The molecule has 0 rings (SSSR count). The minimum absolute atomic E-state index is 0.000230. The van der Waals surface area contributed by atoms with Crippen LogP contribution in [0.2, 0.25) is 0 Å². The second kappa shape index (κ2) is 54.5. The van der Waals surface area contributed by atoms with Gasteiger partial charge in [-0.3, -0.25) is 9.36 Å². The number of hydrogen-bond donors (Lipinski definition) is 2. The Morgan fingerprint density at radius 1 is 0.486 bits per heavy atom. The maximum Gasteiger partial charge on any atom is 0.268 e. The fourth-order valence-corrected chi connectivity index (χ4v) is 10.1. The number of allylic oxidation sites excluding steroid dienone is 5. The lowest BCUT2D eigenvalue weighted by Gasteiger charge is -2.29. The molecule has 3 unspecified atom stereocenters. The standard InChI is InChI=1S/C63H123N2O6P/c1-6-8-10-12-14-16-18-20-21-22-23-24-25-26-27-28-29-30-31-32-33-34-35-36-37-38-39-40-41-42-43-45-47-49-51-53-55-57-63(67)64-61(60-71-72(68,69)70-59-58-65(3,4)5)62(66)56-54-52-50-48-46-44-19-17-15-13-11-9-7-2/h27-28,30-31,54,56,61-62,66H,6-26,29,32-53,55,57-60H2,1-5H3,(H-,64,67,68,69)/b28-27-,31-30-,56-54+. The summed E-state index contributed by atoms with van der Waals surface area (Å²) < 4.78 is 23.3. The van der Waals surface area contributed by atoms with Gasteiger partial charge in [-0.05, 0) is 51.4 Å². The molecule has 0 saturated carbocycles. The fourth-order valence-electron chi connectivity index (χ4n) is 9.42. The summed E-state index contributed by atoms with van der Waals surface area (Å²) in [5.74, 6) is -0.194. The summed E-state index contributed by atoms with van der Waals surface area (Å²) in [5, 5.41) is 13.9. The number of aliphatic hydroxyl groups excluding tert-OH is 1. The third-order valence-electron chi connectivity index (χ3n) is 14.3. The first kappa shape index (κ1) is 70.7. The largest absolute Gasteiger partial charge is 0.756 e. The van der Waals surface area contributed by atoms with Gasteiger partial charge in [-0.1, -0.05) is 288 Å². The van der Waals surface area contributed by atoms with E-state index in [2.05, 4.69) is 43.5 Å². The molecule has 0 bridgehead atoms. The summed E-state index contributed by atoms with van der Waals surface area (Å²) in [6, 6.07) is -0.885. The minimum atomic E-state index is -4.59. The zero-order valence-electron chi connectivity index (χ0n) is 48.6. The molecule has 0 aromatic rings. The predicted molar refractivity (Wildman–Crippen MR) is 311 cm³/mol. The summed E-state index contributed by atoms with van der Waals surface area (Å²) >= 11 is 0. The lowest BCUT2D eigenvalue weighted by molar-refractivity contribution is -0.870. The van der Waals surface area contributed by atoms with Crippen LogP contribution in [0.4, 0.5) is 0 Å². The molecule has 0 aliphatic rings. The molecular weight excluding hydrogens is 912 g/mol. The number of amides is 1. The molecule has 0 spiro atoms. The Bertz CT molecular complexity index is 1270. The van der Waals surface area contributed by atoms with Crippen molar-refractivity contribution in [1.29, 1.82) is 0 Å². The highest BCUT2D eigenvalue weighted by Gasteiger charge is 2.23. The summed E-state index contributed by atoms with van der Waals surface area (Å²) in [6.45, 7) is 4.67. The highest BCUT2D eigenvalue weighted by Crippen LogP contribution is 2.38. The van der Waals surface area contributed by atoms with Crippen molar-refractivity contribution in [3.05, 3.63) is 36.5 Å². The maximum absolute atomic E-state index is 13.0. The Morgan fingerprint density at radius 3 is 1.15 bits per heavy atom. The zero-order valence-corrected chi connectivity index (χ0v) is 49.5. The first-order chi connectivity index (χ1) is 35.0. The number of nitrogens with one attached hydrogen (secondary N) is 1. The van der Waals surface area contributed by atoms with Crippen molar-refractivity contribution in [2.75, 3.05) is 40.9 Å². The van der Waals surface area contributed by atoms with E-state index in [1.807, 2.05) is 27.2 Å². The molecule has 0 aromatic carbocycles. The molecular formula is C63H123N2O6P. The normalized spacial score (nSPS) is 14.0. The van der Waals surface area contributed by atoms with Crippen LogP contribution in [0, 0.1) is 0 Å². The van der Waals surface area contributed by atoms with E-state index < -0.39 is 20.0 Å². The van der Waals surface area contributed by atoms with Gasteiger partial charge in [0.25, 0.3) is 7.82 Å². The van der Waals surface area contributed by atoms with Crippen molar-refractivity contribution < 1.29 is 32.9 Å². The predicted octanol–water partition coefficient (Wildman–Crippen LogP) is 18.7. The van der Waals surface area contributed by atoms with Crippen molar-refractivity contribution >= 4 is 13.7 Å². The van der Waals surface area contributed by atoms with Gasteiger partial charge in [0.15, 0.2) is 0 Å². The van der Waals surface area contributed by atoms with Gasteiger partial charge in [-0.15, -0.1) is 0 Å². The van der Waals surface area contributed by atoms with Gasteiger partial charge in [0.2, 0.25) is 5.91 Å². The molecule has 9 heteroatoms. The topological polar surface area (TPSA) is 108 Å². The lowest BCUT2D eigenvalue weighted by atomic mass is 10.0. The second-order valence-electron chi connectivity index (χ2n) is 22.8. The van der Waals surface area contributed by atoms with E-state index in [0.717, 1.165) is 44.9 Å². The molecule has 72 heavy (non-hydrogen) atoms. The van der Waals surface area contributed by atoms with Crippen LogP contribution in [0.15, 0.2) is 36.5 Å². The highest BCUT2D eigenvalue weighted by molar-refractivity contribution is 7.45. The highest BCUT2D eigenvalue weighted by atomic mass is 31.2. The van der Waals surface area contributed by atoms with Crippen LogP contribution in [0.1, 0.15) is 309 Å². The van der Waals surface area contributed by atoms with E-state index in [-0.39, 0.29) is 19.1 Å². The number of hydrogen-bond acceptors (Lipinski definition) is 6. The number of phosphoric ester groups is 1. The molecule has 0 fully saturated rings. The van der Waals surface area contributed by atoms with Crippen LogP contribution in [0.25, 0.3) is 0 Å². The third-order valence-corrected chi connectivity index (χ3v) is 15.3. The van der Waals surface area contributed by atoms with Crippen molar-refractivity contribution in [1.82, 2.24) is 5.32 Å². The van der Waals surface area contributed by atoms with Gasteiger partial charge in [0.05, 0.1) is 39.9 Å². The Hall–Kier alpha value is -1.28. The maximum atomic E-state index is 13.0. The number of nitrogens with zero attached hydrogens (tertiary/aromatic N) is 1. The van der Waals surface area contributed by atoms with Crippen LogP contribution in [-0.4, -0.2) is 68.5 Å². The smallest absolute Gasteiger partial charge is 0.268 e. The third kappa shape index (κ3) is 56.4. The van der Waals surface area contributed by atoms with Crippen LogP contribution in [-0.2, 0) is 18.4 Å². The van der Waals surface area contributed by atoms with E-state index in [9.17, 15) is 19.4 Å². The zero-order chi connectivity index (χ0) is 52.7. The van der Waals surface area contributed by atoms with E-state index in [1.54, 1.807) is 6.08 Å². The number of rotatable bonds is 58. The Morgan fingerprint density at radius 2 is 0.806 bits per heavy atom. The summed E-state index contributed by atoms with van der Waals surface area (Å²) in [5.41, 5.74) is 0. The molecule has 0 aromatic heterocycles. The average Bonchev–Trinajstić information content (AvgIpc) is 3.34. The fraction of sp³-hybridized carbons (Fsp3) is 0.889. The number of likely N-dealkylation sites (N-methyl/N-ethyl adjacent to an activating group) is 1. The molecule has 2 N–H and O–H groups in total. The Kier molecular flexibility index (Phi) is 53.5. The van der Waals surface area contributed by atoms with Crippen LogP contribution in [0.5, 0.6) is 0 Å². The average molecular weight is 1040 g/mol. The molecule has 426 valence electrons. The number of unbranched alkanes of at least 4 members (excludes halogenated alkanes) is 41. The summed E-state index contributed by atoms with van der Waals surface area (Å²) in [7, 11) is 1.27. The number of aliphatic hydroxyl groups is 1. The quantitative estimate of drug-likeness (QED) is 0.0272. The number of quaternary nitrogens is 1. The van der Waals surface area contributed by atoms with Gasteiger partial charge in [-0.2, -0.15) is 0 Å².